The first-order valence-electron chi connectivity index (χ1n) is 5.56. The normalized spacial score (nSPS) is 11.9. The van der Waals surface area contributed by atoms with Crippen LogP contribution in [-0.4, -0.2) is 26.2 Å². The van der Waals surface area contributed by atoms with Crippen LogP contribution in [0.1, 0.15) is 22.5 Å². The molecule has 0 radical (unpaired) electrons. The highest BCUT2D eigenvalue weighted by atomic mass is 32.2. The van der Waals surface area contributed by atoms with Crippen molar-refractivity contribution < 1.29 is 17.6 Å². The average molecular weight is 266 g/mol. The molecule has 5 heteroatoms. The molecule has 0 bridgehead atoms. The van der Waals surface area contributed by atoms with Gasteiger partial charge in [0.05, 0.1) is 5.75 Å². The largest absolute Gasteiger partial charge is 0.453 e. The summed E-state index contributed by atoms with van der Waals surface area (Å²) in [5, 5.41) is 0.859. The molecule has 0 aliphatic carbocycles. The fourth-order valence-corrected chi connectivity index (χ4v) is 2.26. The number of Topliss-reactive ketones (excluding diaryl/α,β-unsaturated/α-hetero) is 1. The molecule has 0 atom stereocenters. The summed E-state index contributed by atoms with van der Waals surface area (Å²) in [6, 6.07) is 7.29. The van der Waals surface area contributed by atoms with E-state index >= 15 is 0 Å². The molecule has 0 aliphatic heterocycles. The van der Waals surface area contributed by atoms with Crippen LogP contribution in [0.15, 0.2) is 28.7 Å². The lowest BCUT2D eigenvalue weighted by Crippen LogP contribution is -2.08. The maximum atomic E-state index is 11.8. The zero-order valence-corrected chi connectivity index (χ0v) is 11.1. The summed E-state index contributed by atoms with van der Waals surface area (Å²) in [6.07, 6.45) is 1.07. The van der Waals surface area contributed by atoms with Crippen LogP contribution < -0.4 is 0 Å². The lowest BCUT2D eigenvalue weighted by Gasteiger charge is -1.95. The van der Waals surface area contributed by atoms with Crippen LogP contribution in [-0.2, 0) is 9.84 Å². The van der Waals surface area contributed by atoms with Gasteiger partial charge in [-0.1, -0.05) is 11.6 Å². The van der Waals surface area contributed by atoms with Crippen molar-refractivity contribution in [1.29, 1.82) is 0 Å². The molecule has 0 aliphatic rings. The van der Waals surface area contributed by atoms with Crippen molar-refractivity contribution in [1.82, 2.24) is 0 Å². The number of aryl methyl sites for hydroxylation is 1. The van der Waals surface area contributed by atoms with Crippen molar-refractivity contribution in [3.05, 3.63) is 35.6 Å². The monoisotopic (exact) mass is 266 g/mol. The third-order valence-electron chi connectivity index (χ3n) is 2.65. The van der Waals surface area contributed by atoms with Gasteiger partial charge in [-0.2, -0.15) is 0 Å². The number of furan rings is 1. The minimum Gasteiger partial charge on any atom is -0.453 e. The topological polar surface area (TPSA) is 64.3 Å². The first-order valence-corrected chi connectivity index (χ1v) is 7.62. The zero-order chi connectivity index (χ0) is 13.3. The number of rotatable bonds is 4. The van der Waals surface area contributed by atoms with Gasteiger partial charge in [0.1, 0.15) is 15.4 Å². The second-order valence-corrected chi connectivity index (χ2v) is 6.71. The summed E-state index contributed by atoms with van der Waals surface area (Å²) >= 11 is 0. The maximum absolute atomic E-state index is 11.8. The Morgan fingerprint density at radius 3 is 2.67 bits per heavy atom. The van der Waals surface area contributed by atoms with E-state index in [1.54, 1.807) is 12.1 Å². The molecule has 0 unspecified atom stereocenters. The van der Waals surface area contributed by atoms with Gasteiger partial charge in [-0.25, -0.2) is 8.42 Å². The summed E-state index contributed by atoms with van der Waals surface area (Å²) in [5.41, 5.74) is 1.72. The Morgan fingerprint density at radius 1 is 1.28 bits per heavy atom. The van der Waals surface area contributed by atoms with Gasteiger partial charge in [0, 0.05) is 18.1 Å². The lowest BCUT2D eigenvalue weighted by atomic mass is 10.1. The maximum Gasteiger partial charge on any atom is 0.199 e. The van der Waals surface area contributed by atoms with Gasteiger partial charge in [0.25, 0.3) is 0 Å². The van der Waals surface area contributed by atoms with Crippen LogP contribution >= 0.6 is 0 Å². The molecule has 2 rings (SSSR count). The second-order valence-electron chi connectivity index (χ2n) is 4.45. The third kappa shape index (κ3) is 2.98. The van der Waals surface area contributed by atoms with Gasteiger partial charge in [-0.3, -0.25) is 4.79 Å². The molecule has 1 aromatic heterocycles. The van der Waals surface area contributed by atoms with Gasteiger partial charge in [0.15, 0.2) is 11.5 Å². The number of benzene rings is 1. The number of carbonyl (C=O) groups excluding carboxylic acids is 1. The van der Waals surface area contributed by atoms with Crippen molar-refractivity contribution >= 4 is 26.6 Å². The molecule has 4 nitrogen and oxygen atoms in total. The Morgan fingerprint density at radius 2 is 2.00 bits per heavy atom. The summed E-state index contributed by atoms with van der Waals surface area (Å²) in [5.74, 6) is -0.212. The molecule has 0 fully saturated rings. The Kier molecular flexibility index (Phi) is 3.26. The fourth-order valence-electron chi connectivity index (χ4n) is 1.70. The van der Waals surface area contributed by atoms with E-state index in [1.165, 1.54) is 0 Å². The minimum absolute atomic E-state index is 0.0440. The fraction of sp³-hybridized carbons (Fsp3) is 0.308. The second kappa shape index (κ2) is 4.57. The molecule has 1 heterocycles. The van der Waals surface area contributed by atoms with Crippen molar-refractivity contribution in [2.24, 2.45) is 0 Å². The molecule has 0 saturated heterocycles. The number of ketones is 1. The first kappa shape index (κ1) is 12.8. The molecule has 0 spiro atoms. The highest BCUT2D eigenvalue weighted by Crippen LogP contribution is 2.21. The van der Waals surface area contributed by atoms with Crippen LogP contribution in [0.4, 0.5) is 0 Å². The molecule has 18 heavy (non-hydrogen) atoms. The zero-order valence-electron chi connectivity index (χ0n) is 10.3. The third-order valence-corrected chi connectivity index (χ3v) is 3.59. The molecule has 0 amide bonds. The van der Waals surface area contributed by atoms with Crippen LogP contribution in [0.25, 0.3) is 11.0 Å². The number of fused-ring (bicyclic) bond motifs is 1. The van der Waals surface area contributed by atoms with Crippen molar-refractivity contribution in [3.63, 3.8) is 0 Å². The highest BCUT2D eigenvalue weighted by molar-refractivity contribution is 7.90. The van der Waals surface area contributed by atoms with Gasteiger partial charge in [-0.05, 0) is 25.1 Å². The SMILES string of the molecule is Cc1ccc2oc(C(=O)CCS(C)(=O)=O)cc2c1. The highest BCUT2D eigenvalue weighted by Gasteiger charge is 2.14. The number of hydrogen-bond donors (Lipinski definition) is 0. The first-order chi connectivity index (χ1) is 8.35. The van der Waals surface area contributed by atoms with E-state index in [0.29, 0.717) is 5.58 Å². The quantitative estimate of drug-likeness (QED) is 0.797. The van der Waals surface area contributed by atoms with Gasteiger partial charge in [-0.15, -0.1) is 0 Å². The number of carbonyl (C=O) groups is 1. The summed E-state index contributed by atoms with van der Waals surface area (Å²) in [7, 11) is -3.13. The van der Waals surface area contributed by atoms with E-state index in [2.05, 4.69) is 0 Å². The molecular formula is C13H14O4S. The Labute approximate surface area is 106 Å². The smallest absolute Gasteiger partial charge is 0.199 e. The molecule has 0 saturated carbocycles. The van der Waals surface area contributed by atoms with Crippen LogP contribution in [0.3, 0.4) is 0 Å². The lowest BCUT2D eigenvalue weighted by molar-refractivity contribution is 0.0964. The van der Waals surface area contributed by atoms with Crippen molar-refractivity contribution in [2.45, 2.75) is 13.3 Å². The van der Waals surface area contributed by atoms with Gasteiger partial charge >= 0.3 is 0 Å². The van der Waals surface area contributed by atoms with Gasteiger partial charge in [0.2, 0.25) is 0 Å². The predicted molar refractivity (Wildman–Crippen MR) is 69.6 cm³/mol. The number of sulfone groups is 1. The molecule has 1 aromatic carbocycles. The predicted octanol–water partition coefficient (Wildman–Crippen LogP) is 2.36. The van der Waals surface area contributed by atoms with E-state index in [9.17, 15) is 13.2 Å². The van der Waals surface area contributed by atoms with Crippen LogP contribution in [0, 0.1) is 6.92 Å². The van der Waals surface area contributed by atoms with Crippen LogP contribution in [0.5, 0.6) is 0 Å². The van der Waals surface area contributed by atoms with E-state index in [-0.39, 0.29) is 23.7 Å². The minimum atomic E-state index is -3.13. The number of hydrogen-bond acceptors (Lipinski definition) is 4. The van der Waals surface area contributed by atoms with Crippen molar-refractivity contribution in [3.8, 4) is 0 Å². The Balaban J connectivity index is 2.23. The summed E-state index contributed by atoms with van der Waals surface area (Å²) in [6.45, 7) is 1.96. The van der Waals surface area contributed by atoms with E-state index in [1.807, 2.05) is 19.1 Å². The average Bonchev–Trinajstić information content (AvgIpc) is 2.67. The van der Waals surface area contributed by atoms with E-state index in [4.69, 9.17) is 4.42 Å². The Bertz CT molecular complexity index is 695. The van der Waals surface area contributed by atoms with E-state index < -0.39 is 9.84 Å². The molecule has 2 aromatic rings. The standard InChI is InChI=1S/C13H14O4S/c1-9-3-4-12-10(7-9)8-13(17-12)11(14)5-6-18(2,15)16/h3-4,7-8H,5-6H2,1-2H3. The van der Waals surface area contributed by atoms with E-state index in [0.717, 1.165) is 17.2 Å². The van der Waals surface area contributed by atoms with Crippen LogP contribution in [0.2, 0.25) is 0 Å². The molecule has 96 valence electrons. The summed E-state index contributed by atoms with van der Waals surface area (Å²) < 4.78 is 27.4. The Hall–Kier alpha value is -1.62. The summed E-state index contributed by atoms with van der Waals surface area (Å²) in [4.78, 5) is 11.8. The van der Waals surface area contributed by atoms with Crippen molar-refractivity contribution in [2.75, 3.05) is 12.0 Å². The molecular weight excluding hydrogens is 252 g/mol. The molecule has 0 N–H and O–H groups in total. The van der Waals surface area contributed by atoms with Gasteiger partial charge < -0.3 is 4.42 Å².